The predicted octanol–water partition coefficient (Wildman–Crippen LogP) is 8.94. The third-order valence-corrected chi connectivity index (χ3v) is 11.0. The van der Waals surface area contributed by atoms with Crippen molar-refractivity contribution in [2.24, 2.45) is 0 Å². The van der Waals surface area contributed by atoms with Gasteiger partial charge in [0.05, 0.1) is 24.5 Å². The zero-order valence-corrected chi connectivity index (χ0v) is 35.4. The summed E-state index contributed by atoms with van der Waals surface area (Å²) in [5.74, 6) is -1.25. The zero-order chi connectivity index (χ0) is 42.6. The highest BCUT2D eigenvalue weighted by Gasteiger charge is 2.33. The Morgan fingerprint density at radius 2 is 1.58 bits per heavy atom. The molecule has 0 bridgehead atoms. The van der Waals surface area contributed by atoms with Gasteiger partial charge in [-0.05, 0) is 99.3 Å². The van der Waals surface area contributed by atoms with Crippen molar-refractivity contribution in [3.63, 3.8) is 0 Å². The number of thiophene rings is 1. The van der Waals surface area contributed by atoms with E-state index >= 15 is 0 Å². The van der Waals surface area contributed by atoms with E-state index < -0.39 is 29.5 Å². The van der Waals surface area contributed by atoms with Crippen molar-refractivity contribution in [1.82, 2.24) is 10.2 Å². The Kier molecular flexibility index (Phi) is 14.4. The SMILES string of the molecule is CCOC(=O)c1c(NC(=O)CSc2cccc(NC(=O)/C(=C\c3ccc(OCc4ccccc4)cc3)NC(=O)c3ccccc3)c2)sc2c1CCN(C(=O)OC(C)(C)C)C2. The molecule has 310 valence electrons. The van der Waals surface area contributed by atoms with Crippen molar-refractivity contribution in [1.29, 1.82) is 0 Å². The quantitative estimate of drug-likeness (QED) is 0.0565. The van der Waals surface area contributed by atoms with Crippen LogP contribution in [-0.4, -0.2) is 59.2 Å². The van der Waals surface area contributed by atoms with E-state index in [1.807, 2.05) is 36.4 Å². The van der Waals surface area contributed by atoms with E-state index in [1.165, 1.54) is 23.1 Å². The minimum atomic E-state index is -0.655. The molecule has 0 radical (unpaired) electrons. The molecule has 0 saturated heterocycles. The molecular formula is C46H46N4O8S2. The summed E-state index contributed by atoms with van der Waals surface area (Å²) in [5, 5.41) is 8.89. The van der Waals surface area contributed by atoms with E-state index in [0.29, 0.717) is 57.6 Å². The number of rotatable bonds is 14. The second-order valence-corrected chi connectivity index (χ2v) is 16.8. The van der Waals surface area contributed by atoms with Crippen LogP contribution < -0.4 is 20.7 Å². The van der Waals surface area contributed by atoms with Crippen LogP contribution in [0.25, 0.3) is 6.08 Å². The lowest BCUT2D eigenvalue weighted by atomic mass is 10.0. The van der Waals surface area contributed by atoms with Gasteiger partial charge in [0.15, 0.2) is 0 Å². The van der Waals surface area contributed by atoms with Gasteiger partial charge in [0.2, 0.25) is 5.91 Å². The first-order valence-electron chi connectivity index (χ1n) is 19.3. The van der Waals surface area contributed by atoms with Crippen molar-refractivity contribution < 1.29 is 38.2 Å². The van der Waals surface area contributed by atoms with E-state index in [-0.39, 0.29) is 30.5 Å². The lowest BCUT2D eigenvalue weighted by Crippen LogP contribution is -2.39. The number of thioether (sulfide) groups is 1. The van der Waals surface area contributed by atoms with Gasteiger partial charge >= 0.3 is 12.1 Å². The van der Waals surface area contributed by atoms with E-state index in [4.69, 9.17) is 14.2 Å². The summed E-state index contributed by atoms with van der Waals surface area (Å²) in [6, 6.07) is 32.6. The Balaban J connectivity index is 1.12. The van der Waals surface area contributed by atoms with Gasteiger partial charge < -0.3 is 35.1 Å². The highest BCUT2D eigenvalue weighted by Crippen LogP contribution is 2.38. The number of fused-ring (bicyclic) bond motifs is 1. The molecule has 0 aliphatic carbocycles. The molecule has 0 atom stereocenters. The first-order valence-corrected chi connectivity index (χ1v) is 21.1. The second kappa shape index (κ2) is 20.1. The molecule has 0 spiro atoms. The molecule has 60 heavy (non-hydrogen) atoms. The molecule has 0 fully saturated rings. The van der Waals surface area contributed by atoms with Crippen LogP contribution in [0.5, 0.6) is 5.75 Å². The van der Waals surface area contributed by atoms with E-state index in [9.17, 15) is 24.0 Å². The van der Waals surface area contributed by atoms with E-state index in [2.05, 4.69) is 16.0 Å². The lowest BCUT2D eigenvalue weighted by Gasteiger charge is -2.30. The van der Waals surface area contributed by atoms with E-state index in [1.54, 1.807) is 111 Å². The molecule has 5 aromatic rings. The number of esters is 1. The zero-order valence-electron chi connectivity index (χ0n) is 33.7. The summed E-state index contributed by atoms with van der Waals surface area (Å²) in [4.78, 5) is 69.3. The van der Waals surface area contributed by atoms with Gasteiger partial charge in [0.1, 0.15) is 28.7 Å². The first-order chi connectivity index (χ1) is 28.8. The van der Waals surface area contributed by atoms with Crippen molar-refractivity contribution in [2.75, 3.05) is 29.5 Å². The Hall–Kier alpha value is -6.38. The molecule has 6 rings (SSSR count). The maximum absolute atomic E-state index is 13.8. The van der Waals surface area contributed by atoms with Gasteiger partial charge in [-0.15, -0.1) is 23.1 Å². The van der Waals surface area contributed by atoms with Crippen LogP contribution >= 0.6 is 23.1 Å². The number of benzene rings is 4. The third-order valence-electron chi connectivity index (χ3n) is 8.87. The summed E-state index contributed by atoms with van der Waals surface area (Å²) in [5.41, 5.74) is 2.95. The van der Waals surface area contributed by atoms with Crippen molar-refractivity contribution in [3.05, 3.63) is 148 Å². The maximum atomic E-state index is 13.8. The fraction of sp³-hybridized carbons (Fsp3) is 0.239. The molecule has 1 aliphatic heterocycles. The van der Waals surface area contributed by atoms with Gasteiger partial charge in [-0.2, -0.15) is 0 Å². The minimum absolute atomic E-state index is 0.00436. The number of amides is 4. The highest BCUT2D eigenvalue weighted by molar-refractivity contribution is 8.00. The number of nitrogens with zero attached hydrogens (tertiary/aromatic N) is 1. The molecule has 0 unspecified atom stereocenters. The van der Waals surface area contributed by atoms with Crippen molar-refractivity contribution in [3.8, 4) is 5.75 Å². The highest BCUT2D eigenvalue weighted by atomic mass is 32.2. The molecule has 1 aliphatic rings. The Bertz CT molecular complexity index is 2360. The lowest BCUT2D eigenvalue weighted by molar-refractivity contribution is -0.114. The van der Waals surface area contributed by atoms with Crippen LogP contribution in [0, 0.1) is 0 Å². The number of carbonyl (C=O) groups is 5. The topological polar surface area (TPSA) is 152 Å². The molecule has 4 aromatic carbocycles. The van der Waals surface area contributed by atoms with Crippen LogP contribution in [0.3, 0.4) is 0 Å². The smallest absolute Gasteiger partial charge is 0.410 e. The largest absolute Gasteiger partial charge is 0.489 e. The number of hydrogen-bond acceptors (Lipinski definition) is 10. The van der Waals surface area contributed by atoms with Crippen LogP contribution in [0.4, 0.5) is 15.5 Å². The van der Waals surface area contributed by atoms with Crippen LogP contribution in [0.2, 0.25) is 0 Å². The molecule has 2 heterocycles. The predicted molar refractivity (Wildman–Crippen MR) is 234 cm³/mol. The fourth-order valence-electron chi connectivity index (χ4n) is 6.08. The fourth-order valence-corrected chi connectivity index (χ4v) is 8.10. The van der Waals surface area contributed by atoms with Gasteiger partial charge in [-0.3, -0.25) is 14.4 Å². The van der Waals surface area contributed by atoms with Crippen LogP contribution in [0.1, 0.15) is 70.0 Å². The molecule has 1 aromatic heterocycles. The molecule has 3 N–H and O–H groups in total. The minimum Gasteiger partial charge on any atom is -0.489 e. The molecule has 14 heteroatoms. The van der Waals surface area contributed by atoms with Gasteiger partial charge in [0.25, 0.3) is 11.8 Å². The van der Waals surface area contributed by atoms with Crippen molar-refractivity contribution >= 4 is 69.6 Å². The standard InChI is InChI=1S/C46H46N4O8S2/c1-5-56-44(54)40-36-23-24-50(45(55)58-46(2,3)4)27-38(36)60-43(40)49-39(51)29-59-35-18-12-17-33(26-35)47-42(53)37(48-41(52)32-15-10-7-11-16-32)25-30-19-21-34(22-20-30)57-28-31-13-8-6-9-14-31/h6-22,25-26H,5,23-24,27-29H2,1-4H3,(H,47,53)(H,48,52)(H,49,51)/b37-25+. The van der Waals surface area contributed by atoms with Crippen LogP contribution in [0.15, 0.2) is 120 Å². The summed E-state index contributed by atoms with van der Waals surface area (Å²) in [6.45, 7) is 8.29. The van der Waals surface area contributed by atoms with Gasteiger partial charge in [-0.25, -0.2) is 9.59 Å². The summed E-state index contributed by atoms with van der Waals surface area (Å²) in [6.07, 6.45) is 1.55. The Labute approximate surface area is 357 Å². The number of ether oxygens (including phenoxy) is 3. The maximum Gasteiger partial charge on any atom is 0.410 e. The molecule has 12 nitrogen and oxygen atoms in total. The second-order valence-electron chi connectivity index (χ2n) is 14.6. The third kappa shape index (κ3) is 12.1. The normalized spacial score (nSPS) is 12.5. The summed E-state index contributed by atoms with van der Waals surface area (Å²) < 4.78 is 16.8. The molecule has 4 amide bonds. The number of anilines is 2. The monoisotopic (exact) mass is 846 g/mol. The number of hydrogen-bond donors (Lipinski definition) is 3. The molecule has 0 saturated carbocycles. The van der Waals surface area contributed by atoms with E-state index in [0.717, 1.165) is 16.0 Å². The molecular weight excluding hydrogens is 801 g/mol. The number of carbonyl (C=O) groups excluding carboxylic acids is 5. The number of nitrogens with one attached hydrogen (secondary N) is 3. The summed E-state index contributed by atoms with van der Waals surface area (Å²) >= 11 is 2.48. The average molecular weight is 847 g/mol. The first kappa shape index (κ1) is 43.2. The van der Waals surface area contributed by atoms with Crippen LogP contribution in [-0.2, 0) is 38.6 Å². The summed E-state index contributed by atoms with van der Waals surface area (Å²) in [7, 11) is 0. The average Bonchev–Trinajstić information content (AvgIpc) is 3.59. The van der Waals surface area contributed by atoms with Gasteiger partial charge in [-0.1, -0.05) is 66.7 Å². The van der Waals surface area contributed by atoms with Gasteiger partial charge in [0, 0.05) is 27.6 Å². The Morgan fingerprint density at radius 1 is 0.867 bits per heavy atom. The van der Waals surface area contributed by atoms with Crippen molar-refractivity contribution in [2.45, 2.75) is 57.8 Å². The Morgan fingerprint density at radius 3 is 2.28 bits per heavy atom.